The van der Waals surface area contributed by atoms with E-state index in [-0.39, 0.29) is 63.7 Å². The van der Waals surface area contributed by atoms with Gasteiger partial charge in [0.05, 0.1) is 58.4 Å². The van der Waals surface area contributed by atoms with Gasteiger partial charge in [0.25, 0.3) is 5.91 Å². The van der Waals surface area contributed by atoms with Crippen LogP contribution in [0.1, 0.15) is 55.2 Å². The second kappa shape index (κ2) is 36.7. The molecule has 0 spiro atoms. The molecule has 6 heterocycles. The summed E-state index contributed by atoms with van der Waals surface area (Å²) >= 11 is -3.94. The van der Waals surface area contributed by atoms with Crippen LogP contribution in [0.25, 0.3) is 11.1 Å². The topological polar surface area (TPSA) is 250 Å². The van der Waals surface area contributed by atoms with Crippen molar-refractivity contribution in [2.75, 3.05) is 195 Å². The number of pyridine rings is 2. The molecular formula is C58H85F3GaN11O14. The molecule has 0 saturated carbocycles. The molecule has 4 aliphatic heterocycles. The van der Waals surface area contributed by atoms with Crippen LogP contribution in [0.4, 0.5) is 18.9 Å². The fourth-order valence-corrected chi connectivity index (χ4v) is 12.5. The minimum atomic E-state index is -4.84. The van der Waals surface area contributed by atoms with Crippen molar-refractivity contribution in [3.63, 3.8) is 0 Å². The van der Waals surface area contributed by atoms with Gasteiger partial charge in [0.2, 0.25) is 11.8 Å². The fraction of sp³-hybridized carbons (Fsp3) is 0.638. The SMILES string of the molecule is CCOc1ccc(C(=O)N2CCN(c3ccc(-c4cccnc4OCC)cc3CNCCNCCCOCCOCCOCCOCCNC(=O)CN3CCN4CCN5CCN(CC3)CC(=O)[O][Ga]([O]C(=O)C4)[O]C(=O)C5)[C@H](CC)C2)c(C(F)(F)F)n1. The summed E-state index contributed by atoms with van der Waals surface area (Å²) in [7, 11) is 0. The number of ether oxygens (including phenoxy) is 6. The predicted octanol–water partition coefficient (Wildman–Crippen LogP) is 1.82. The average molecular weight is 1290 g/mol. The molecule has 1 aromatic carbocycles. The molecule has 29 heteroatoms. The van der Waals surface area contributed by atoms with Gasteiger partial charge in [-0.3, -0.25) is 4.79 Å². The van der Waals surface area contributed by atoms with E-state index >= 15 is 0 Å². The summed E-state index contributed by atoms with van der Waals surface area (Å²) in [5.41, 5.74) is 2.02. The predicted molar refractivity (Wildman–Crippen MR) is 314 cm³/mol. The zero-order chi connectivity index (χ0) is 61.8. The molecule has 0 radical (unpaired) electrons. The molecule has 480 valence electrons. The Morgan fingerprint density at radius 1 is 0.678 bits per heavy atom. The van der Waals surface area contributed by atoms with Crippen LogP contribution in [0.15, 0.2) is 48.7 Å². The summed E-state index contributed by atoms with van der Waals surface area (Å²) in [5.74, 6) is -2.35. The molecule has 87 heavy (non-hydrogen) atoms. The molecule has 3 atom stereocenters. The number of nitrogens with one attached hydrogen (secondary N) is 3. The van der Waals surface area contributed by atoms with Crippen LogP contribution >= 0.6 is 0 Å². The van der Waals surface area contributed by atoms with Gasteiger partial charge >= 0.3 is 194 Å². The maximum atomic E-state index is 14.2. The van der Waals surface area contributed by atoms with Crippen molar-refractivity contribution >= 4 is 52.7 Å². The number of carbonyl (C=O) groups is 5. The van der Waals surface area contributed by atoms with E-state index in [1.54, 1.807) is 13.1 Å². The number of hydrogen-bond acceptors (Lipinski definition) is 23. The molecule has 4 bridgehead atoms. The Morgan fingerprint density at radius 3 is 1.89 bits per heavy atom. The molecule has 4 saturated heterocycles. The second-order valence-electron chi connectivity index (χ2n) is 21.1. The average Bonchev–Trinajstić information content (AvgIpc) is 1.38. The van der Waals surface area contributed by atoms with Gasteiger partial charge in [-0.25, -0.2) is 9.97 Å². The van der Waals surface area contributed by atoms with E-state index in [2.05, 4.69) is 43.0 Å². The Labute approximate surface area is 513 Å². The van der Waals surface area contributed by atoms with Crippen molar-refractivity contribution in [3.05, 3.63) is 65.5 Å². The Morgan fingerprint density at radius 2 is 1.28 bits per heavy atom. The molecule has 4 fully saturated rings. The summed E-state index contributed by atoms with van der Waals surface area (Å²) < 4.78 is 92.5. The van der Waals surface area contributed by atoms with Crippen molar-refractivity contribution in [1.29, 1.82) is 0 Å². The van der Waals surface area contributed by atoms with Gasteiger partial charge in [-0.15, -0.1) is 0 Å². The van der Waals surface area contributed by atoms with Crippen LogP contribution in [0.5, 0.6) is 11.8 Å². The summed E-state index contributed by atoms with van der Waals surface area (Å²) in [6.45, 7) is 17.3. The third-order valence-electron chi connectivity index (χ3n) is 14.8. The minimum absolute atomic E-state index is 0.00715. The van der Waals surface area contributed by atoms with Crippen molar-refractivity contribution < 1.29 is 76.2 Å². The monoisotopic (exact) mass is 1290 g/mol. The fourth-order valence-electron chi connectivity index (χ4n) is 10.3. The van der Waals surface area contributed by atoms with Crippen LogP contribution in [0.2, 0.25) is 0 Å². The van der Waals surface area contributed by atoms with Crippen molar-refractivity contribution in [3.8, 4) is 22.9 Å². The maximum absolute atomic E-state index is 14.2. The number of benzene rings is 1. The quantitative estimate of drug-likeness (QED) is 0.0614. The minimum Gasteiger partial charge on any atom is -0.208 e. The Hall–Kier alpha value is -5.70. The van der Waals surface area contributed by atoms with E-state index in [9.17, 15) is 37.1 Å². The van der Waals surface area contributed by atoms with E-state index in [4.69, 9.17) is 39.0 Å². The number of piperazine rings is 1. The molecule has 3 N–H and O–H groups in total. The first-order valence-electron chi connectivity index (χ1n) is 30.2. The number of halogens is 3. The van der Waals surface area contributed by atoms with Gasteiger partial charge in [-0.05, 0) is 74.7 Å². The Balaban J connectivity index is 0.736. The molecule has 2 amide bonds. The van der Waals surface area contributed by atoms with Gasteiger partial charge < -0.3 is 48.9 Å². The van der Waals surface area contributed by atoms with E-state index in [0.29, 0.717) is 157 Å². The molecule has 2 aromatic heterocycles. The number of aromatic nitrogens is 2. The third-order valence-corrected chi connectivity index (χ3v) is 17.7. The van der Waals surface area contributed by atoms with Crippen molar-refractivity contribution in [1.82, 2.24) is 50.4 Å². The van der Waals surface area contributed by atoms with Crippen molar-refractivity contribution in [2.24, 2.45) is 0 Å². The first-order chi connectivity index (χ1) is 42.2. The number of amides is 2. The van der Waals surface area contributed by atoms with Crippen LogP contribution in [0, 0.1) is 0 Å². The smallest absolute Gasteiger partial charge is 0.208 e. The summed E-state index contributed by atoms with van der Waals surface area (Å²) in [4.78, 5) is 84.7. The summed E-state index contributed by atoms with van der Waals surface area (Å²) in [5, 5.41) is 9.95. The molecule has 4 aliphatic rings. The molecule has 2 unspecified atom stereocenters. The standard InChI is InChI=1S/C58H88F3N11O14.Ga/c1-4-46-39-71(57(80)48-11-13-51(85-5-2)66-55(48)58(59,60)61)27-28-72(46)49-12-10-44(47-9-7-15-65-56(47)86-6-3)37-45(49)38-63-17-16-62-14-8-29-81-31-33-83-35-36-84-34-32-82-30-18-64-50(73)40-67-19-21-68(41-52(74)75)23-25-70(43-54(78)79)26-24-69(22-20-67)42-53(76)77;/h7,9-13,15,37,46,62-63H,4-6,8,14,16-36,38-43H2,1-3H3,(H,64,73)(H,74,75)(H,76,77)(H,78,79);/q;+3/p-3/t46-;/m1./s1. The summed E-state index contributed by atoms with van der Waals surface area (Å²) in [6.07, 6.45) is -1.69. The zero-order valence-corrected chi connectivity index (χ0v) is 52.8. The summed E-state index contributed by atoms with van der Waals surface area (Å²) in [6, 6.07) is 12.3. The number of hydrogen-bond donors (Lipinski definition) is 3. The number of carbonyl (C=O) groups excluding carboxylic acids is 5. The van der Waals surface area contributed by atoms with Gasteiger partial charge in [0, 0.05) is 75.4 Å². The maximum Gasteiger partial charge on any atom is 0.434 e. The number of nitrogens with zero attached hydrogens (tertiary/aromatic N) is 8. The van der Waals surface area contributed by atoms with Gasteiger partial charge in [0.1, 0.15) is 0 Å². The van der Waals surface area contributed by atoms with Crippen LogP contribution in [-0.2, 0) is 61.4 Å². The largest absolute Gasteiger partial charge is 0.434 e. The molecule has 3 aromatic rings. The van der Waals surface area contributed by atoms with Gasteiger partial charge in [-0.1, -0.05) is 13.0 Å². The van der Waals surface area contributed by atoms with Gasteiger partial charge in [-0.2, -0.15) is 13.2 Å². The zero-order valence-electron chi connectivity index (χ0n) is 50.3. The number of anilines is 1. The van der Waals surface area contributed by atoms with E-state index < -0.39 is 58.6 Å². The number of rotatable bonds is 31. The van der Waals surface area contributed by atoms with Crippen LogP contribution in [0.3, 0.4) is 0 Å². The number of fused-ring (bicyclic) bond motifs is 7. The van der Waals surface area contributed by atoms with Gasteiger partial charge in [0.15, 0.2) is 5.69 Å². The molecular weight excluding hydrogens is 1200 g/mol. The Bertz CT molecular complexity index is 2620. The first-order valence-corrected chi connectivity index (χ1v) is 33.1. The molecule has 25 nitrogen and oxygen atoms in total. The van der Waals surface area contributed by atoms with Crippen LogP contribution in [-0.4, -0.2) is 278 Å². The van der Waals surface area contributed by atoms with E-state index in [1.165, 1.54) is 11.0 Å². The van der Waals surface area contributed by atoms with Crippen molar-refractivity contribution in [2.45, 2.75) is 52.4 Å². The Kier molecular flexibility index (Phi) is 29.0. The first kappa shape index (κ1) is 68.8. The molecule has 0 aliphatic carbocycles. The molecule has 7 rings (SSSR count). The van der Waals surface area contributed by atoms with E-state index in [1.807, 2.05) is 51.6 Å². The second-order valence-corrected chi connectivity index (χ2v) is 23.8. The van der Waals surface area contributed by atoms with E-state index in [0.717, 1.165) is 41.4 Å². The third kappa shape index (κ3) is 23.0. The normalized spacial score (nSPS) is 19.9. The van der Waals surface area contributed by atoms with Crippen LogP contribution < -0.4 is 30.3 Å². The number of alkyl halides is 3.